The summed E-state index contributed by atoms with van der Waals surface area (Å²) in [5, 5.41) is 9.66. The Kier molecular flexibility index (Phi) is 2.70. The minimum atomic E-state index is -0.231. The number of rotatable bonds is 3. The van der Waals surface area contributed by atoms with E-state index < -0.39 is 0 Å². The van der Waals surface area contributed by atoms with Gasteiger partial charge in [0.1, 0.15) is 5.82 Å². The van der Waals surface area contributed by atoms with Crippen LogP contribution in [-0.4, -0.2) is 31.1 Å². The number of nitrogens with zero attached hydrogens (tertiary/aromatic N) is 3. The number of hydrogen-bond donors (Lipinski definition) is 3. The van der Waals surface area contributed by atoms with Crippen molar-refractivity contribution in [3.63, 3.8) is 0 Å². The van der Waals surface area contributed by atoms with Gasteiger partial charge in [-0.3, -0.25) is 15.2 Å². The van der Waals surface area contributed by atoms with E-state index in [9.17, 15) is 4.79 Å². The van der Waals surface area contributed by atoms with E-state index in [4.69, 9.17) is 0 Å². The fourth-order valence-corrected chi connectivity index (χ4v) is 2.45. The molecule has 3 N–H and O–H groups in total. The highest BCUT2D eigenvalue weighted by molar-refractivity contribution is 6.05. The first kappa shape index (κ1) is 12.1. The van der Waals surface area contributed by atoms with Gasteiger partial charge < -0.3 is 4.98 Å². The fourth-order valence-electron chi connectivity index (χ4n) is 2.45. The molecule has 0 radical (unpaired) electrons. The lowest BCUT2D eigenvalue weighted by Crippen LogP contribution is -2.13. The van der Waals surface area contributed by atoms with Crippen molar-refractivity contribution in [1.29, 1.82) is 0 Å². The topological polar surface area (TPSA) is 99.3 Å². The molecule has 0 bridgehead atoms. The third kappa shape index (κ3) is 2.16. The molecular weight excluding hydrogens is 268 g/mol. The zero-order valence-electron chi connectivity index (χ0n) is 11.3. The molecule has 7 heteroatoms. The third-order valence-electron chi connectivity index (χ3n) is 3.90. The van der Waals surface area contributed by atoms with Crippen LogP contribution in [0.25, 0.3) is 11.0 Å². The summed E-state index contributed by atoms with van der Waals surface area (Å²) < 4.78 is 0. The van der Waals surface area contributed by atoms with Crippen molar-refractivity contribution >= 4 is 22.9 Å². The van der Waals surface area contributed by atoms with Crippen molar-refractivity contribution in [3.8, 4) is 0 Å². The maximum absolute atomic E-state index is 12.2. The molecular formula is C14H14N6O. The first-order valence-corrected chi connectivity index (χ1v) is 6.96. The highest BCUT2D eigenvalue weighted by Gasteiger charge is 2.23. The largest absolute Gasteiger partial charge is 0.345 e. The zero-order valence-corrected chi connectivity index (χ0v) is 11.3. The van der Waals surface area contributed by atoms with E-state index in [0.29, 0.717) is 17.4 Å². The van der Waals surface area contributed by atoms with E-state index in [1.807, 2.05) is 0 Å². The van der Waals surface area contributed by atoms with E-state index >= 15 is 0 Å². The molecule has 1 amide bonds. The van der Waals surface area contributed by atoms with Crippen molar-refractivity contribution < 1.29 is 4.79 Å². The van der Waals surface area contributed by atoms with E-state index in [1.165, 1.54) is 6.42 Å². The smallest absolute Gasteiger partial charge is 0.258 e. The number of H-pyrrole nitrogens is 2. The van der Waals surface area contributed by atoms with E-state index in [-0.39, 0.29) is 5.91 Å². The molecule has 1 aromatic carbocycles. The Morgan fingerprint density at radius 1 is 1.33 bits per heavy atom. The van der Waals surface area contributed by atoms with Gasteiger partial charge in [0.2, 0.25) is 5.95 Å². The van der Waals surface area contributed by atoms with Crippen LogP contribution in [0, 0.1) is 0 Å². The SMILES string of the molecule is O=C(Nc1n[nH]c(C2CCC2)n1)c1ccc2nc[nH]c2c1. The molecule has 2 aromatic heterocycles. The lowest BCUT2D eigenvalue weighted by molar-refractivity contribution is 0.102. The Balaban J connectivity index is 1.52. The lowest BCUT2D eigenvalue weighted by Gasteiger charge is -2.22. The number of carbonyl (C=O) groups excluding carboxylic acids is 1. The normalized spacial score (nSPS) is 15.0. The summed E-state index contributed by atoms with van der Waals surface area (Å²) >= 11 is 0. The molecule has 1 aliphatic rings. The summed E-state index contributed by atoms with van der Waals surface area (Å²) in [4.78, 5) is 23.6. The van der Waals surface area contributed by atoms with Crippen LogP contribution < -0.4 is 5.32 Å². The minimum absolute atomic E-state index is 0.231. The number of amides is 1. The number of nitrogens with one attached hydrogen (secondary N) is 3. The monoisotopic (exact) mass is 282 g/mol. The van der Waals surface area contributed by atoms with Crippen molar-refractivity contribution in [2.75, 3.05) is 5.32 Å². The molecule has 7 nitrogen and oxygen atoms in total. The number of aromatic nitrogens is 5. The van der Waals surface area contributed by atoms with Crippen LogP contribution in [0.1, 0.15) is 41.4 Å². The van der Waals surface area contributed by atoms with Crippen molar-refractivity contribution in [2.45, 2.75) is 25.2 Å². The van der Waals surface area contributed by atoms with Crippen LogP contribution in [0.2, 0.25) is 0 Å². The van der Waals surface area contributed by atoms with Crippen LogP contribution >= 0.6 is 0 Å². The second-order valence-corrected chi connectivity index (χ2v) is 5.26. The van der Waals surface area contributed by atoms with Crippen LogP contribution in [-0.2, 0) is 0 Å². The molecule has 2 heterocycles. The molecule has 3 aromatic rings. The lowest BCUT2D eigenvalue weighted by atomic mass is 9.85. The Morgan fingerprint density at radius 2 is 2.24 bits per heavy atom. The Labute approximate surface area is 120 Å². The molecule has 106 valence electrons. The average Bonchev–Trinajstić information content (AvgIpc) is 3.05. The Bertz CT molecular complexity index is 801. The summed E-state index contributed by atoms with van der Waals surface area (Å²) in [6.45, 7) is 0. The molecule has 4 rings (SSSR count). The summed E-state index contributed by atoms with van der Waals surface area (Å²) in [6.07, 6.45) is 5.11. The summed E-state index contributed by atoms with van der Waals surface area (Å²) in [5.41, 5.74) is 2.20. The summed E-state index contributed by atoms with van der Waals surface area (Å²) in [5.74, 6) is 1.42. The first-order chi connectivity index (χ1) is 10.3. The average molecular weight is 282 g/mol. The van der Waals surface area contributed by atoms with Crippen molar-refractivity contribution in [3.05, 3.63) is 35.9 Å². The van der Waals surface area contributed by atoms with Gasteiger partial charge in [-0.2, -0.15) is 4.98 Å². The van der Waals surface area contributed by atoms with Gasteiger partial charge in [0, 0.05) is 11.5 Å². The number of carbonyl (C=O) groups is 1. The second-order valence-electron chi connectivity index (χ2n) is 5.26. The first-order valence-electron chi connectivity index (χ1n) is 6.96. The highest BCUT2D eigenvalue weighted by Crippen LogP contribution is 2.34. The van der Waals surface area contributed by atoms with E-state index in [0.717, 1.165) is 29.7 Å². The molecule has 0 unspecified atom stereocenters. The van der Waals surface area contributed by atoms with E-state index in [2.05, 4.69) is 30.5 Å². The van der Waals surface area contributed by atoms with Gasteiger partial charge in [-0.05, 0) is 31.0 Å². The molecule has 0 spiro atoms. The number of anilines is 1. The van der Waals surface area contributed by atoms with Crippen molar-refractivity contribution in [1.82, 2.24) is 25.1 Å². The molecule has 0 atom stereocenters. The maximum atomic E-state index is 12.2. The van der Waals surface area contributed by atoms with Gasteiger partial charge in [0.05, 0.1) is 17.4 Å². The van der Waals surface area contributed by atoms with Crippen molar-refractivity contribution in [2.24, 2.45) is 0 Å². The predicted molar refractivity (Wildman–Crippen MR) is 77.0 cm³/mol. The summed E-state index contributed by atoms with van der Waals surface area (Å²) in [6, 6.07) is 5.30. The van der Waals surface area contributed by atoms with Crippen LogP contribution in [0.15, 0.2) is 24.5 Å². The predicted octanol–water partition coefficient (Wildman–Crippen LogP) is 2.20. The van der Waals surface area contributed by atoms with Gasteiger partial charge in [-0.1, -0.05) is 6.42 Å². The Hall–Kier alpha value is -2.70. The van der Waals surface area contributed by atoms with Gasteiger partial charge in [-0.25, -0.2) is 4.98 Å². The quantitative estimate of drug-likeness (QED) is 0.685. The highest BCUT2D eigenvalue weighted by atomic mass is 16.1. The molecule has 1 aliphatic carbocycles. The van der Waals surface area contributed by atoms with E-state index in [1.54, 1.807) is 24.5 Å². The number of hydrogen-bond acceptors (Lipinski definition) is 4. The van der Waals surface area contributed by atoms with Gasteiger partial charge >= 0.3 is 0 Å². The molecule has 0 saturated heterocycles. The second kappa shape index (κ2) is 4.69. The Morgan fingerprint density at radius 3 is 3.05 bits per heavy atom. The summed E-state index contributed by atoms with van der Waals surface area (Å²) in [7, 11) is 0. The van der Waals surface area contributed by atoms with Gasteiger partial charge in [-0.15, -0.1) is 5.10 Å². The standard InChI is InChI=1S/C14H14N6O/c21-13(9-4-5-10-11(6-9)16-7-15-10)18-14-17-12(19-20-14)8-2-1-3-8/h4-8H,1-3H2,(H,15,16)(H2,17,18,19,20,21). The molecule has 21 heavy (non-hydrogen) atoms. The van der Waals surface area contributed by atoms with Crippen LogP contribution in [0.3, 0.4) is 0 Å². The molecule has 0 aliphatic heterocycles. The number of benzene rings is 1. The maximum Gasteiger partial charge on any atom is 0.258 e. The zero-order chi connectivity index (χ0) is 14.2. The molecule has 1 saturated carbocycles. The molecule has 1 fully saturated rings. The third-order valence-corrected chi connectivity index (χ3v) is 3.90. The van der Waals surface area contributed by atoms with Gasteiger partial charge in [0.25, 0.3) is 5.91 Å². The van der Waals surface area contributed by atoms with Crippen LogP contribution in [0.4, 0.5) is 5.95 Å². The minimum Gasteiger partial charge on any atom is -0.345 e. The number of fused-ring (bicyclic) bond motifs is 1. The fraction of sp³-hybridized carbons (Fsp3) is 0.286. The number of aromatic amines is 2. The van der Waals surface area contributed by atoms with Gasteiger partial charge in [0.15, 0.2) is 0 Å². The number of imidazole rings is 1. The van der Waals surface area contributed by atoms with Crippen LogP contribution in [0.5, 0.6) is 0 Å².